The standard InChI is InChI=1S/C15H15BrClNO4/c1-21-12-2-9(6-19)15(10(3-12)7-20)22-8-14-13(17)4-11(16)5-18-14/h2-5,19-20H,6-8H2,1H3. The molecule has 5 nitrogen and oxygen atoms in total. The number of ether oxygens (including phenoxy) is 2. The van der Waals surface area contributed by atoms with Gasteiger partial charge in [0.15, 0.2) is 0 Å². The Hall–Kier alpha value is -1.34. The third kappa shape index (κ3) is 3.89. The molecule has 0 saturated heterocycles. The molecule has 0 atom stereocenters. The van der Waals surface area contributed by atoms with Crippen LogP contribution in [0.5, 0.6) is 11.5 Å². The molecule has 0 fully saturated rings. The summed E-state index contributed by atoms with van der Waals surface area (Å²) in [6, 6.07) is 5.04. The molecular weight excluding hydrogens is 374 g/mol. The molecule has 2 aromatic rings. The molecule has 0 bridgehead atoms. The van der Waals surface area contributed by atoms with E-state index in [0.717, 1.165) is 4.47 Å². The first kappa shape index (κ1) is 17.0. The molecule has 0 amide bonds. The molecule has 2 rings (SSSR count). The van der Waals surface area contributed by atoms with Gasteiger partial charge < -0.3 is 19.7 Å². The summed E-state index contributed by atoms with van der Waals surface area (Å²) in [4.78, 5) is 4.18. The predicted octanol–water partition coefficient (Wildman–Crippen LogP) is 3.07. The number of hydrogen-bond acceptors (Lipinski definition) is 5. The van der Waals surface area contributed by atoms with E-state index in [2.05, 4.69) is 20.9 Å². The first-order valence-electron chi connectivity index (χ1n) is 6.43. The van der Waals surface area contributed by atoms with Gasteiger partial charge >= 0.3 is 0 Å². The normalized spacial score (nSPS) is 10.6. The zero-order valence-corrected chi connectivity index (χ0v) is 14.2. The van der Waals surface area contributed by atoms with Gasteiger partial charge in [0.1, 0.15) is 18.1 Å². The van der Waals surface area contributed by atoms with Gasteiger partial charge in [-0.2, -0.15) is 0 Å². The first-order chi connectivity index (χ1) is 10.6. The number of nitrogens with zero attached hydrogens (tertiary/aromatic N) is 1. The molecule has 1 aromatic heterocycles. The van der Waals surface area contributed by atoms with Crippen LogP contribution in [0.15, 0.2) is 28.9 Å². The largest absolute Gasteiger partial charge is 0.497 e. The van der Waals surface area contributed by atoms with Crippen LogP contribution in [-0.2, 0) is 19.8 Å². The summed E-state index contributed by atoms with van der Waals surface area (Å²) >= 11 is 9.39. The summed E-state index contributed by atoms with van der Waals surface area (Å²) in [7, 11) is 1.52. The number of aliphatic hydroxyl groups is 2. The van der Waals surface area contributed by atoms with Gasteiger partial charge in [-0.25, -0.2) is 0 Å². The van der Waals surface area contributed by atoms with Gasteiger partial charge in [-0.15, -0.1) is 0 Å². The maximum Gasteiger partial charge on any atom is 0.132 e. The highest BCUT2D eigenvalue weighted by Gasteiger charge is 2.13. The maximum atomic E-state index is 9.48. The minimum absolute atomic E-state index is 0.123. The van der Waals surface area contributed by atoms with Gasteiger partial charge in [0.2, 0.25) is 0 Å². The lowest BCUT2D eigenvalue weighted by Crippen LogP contribution is -2.05. The van der Waals surface area contributed by atoms with Crippen LogP contribution in [0.4, 0.5) is 0 Å². The Labute approximate surface area is 141 Å². The van der Waals surface area contributed by atoms with E-state index in [4.69, 9.17) is 21.1 Å². The van der Waals surface area contributed by atoms with Gasteiger partial charge in [0, 0.05) is 21.8 Å². The van der Waals surface area contributed by atoms with Crippen LogP contribution in [0.25, 0.3) is 0 Å². The molecule has 0 aliphatic heterocycles. The van der Waals surface area contributed by atoms with Crippen LogP contribution in [0.2, 0.25) is 5.02 Å². The molecular formula is C15H15BrClNO4. The van der Waals surface area contributed by atoms with Crippen molar-refractivity contribution in [2.45, 2.75) is 19.8 Å². The fraction of sp³-hybridized carbons (Fsp3) is 0.267. The maximum absolute atomic E-state index is 9.48. The van der Waals surface area contributed by atoms with Crippen molar-refractivity contribution in [1.29, 1.82) is 0 Å². The summed E-state index contributed by atoms with van der Waals surface area (Å²) in [5.74, 6) is 0.951. The fourth-order valence-corrected chi connectivity index (χ4v) is 2.63. The molecule has 0 aliphatic rings. The molecule has 118 valence electrons. The summed E-state index contributed by atoms with van der Waals surface area (Å²) in [5.41, 5.74) is 1.61. The smallest absolute Gasteiger partial charge is 0.132 e. The summed E-state index contributed by atoms with van der Waals surface area (Å²) in [6.45, 7) is -0.347. The van der Waals surface area contributed by atoms with E-state index in [-0.39, 0.29) is 19.8 Å². The summed E-state index contributed by atoms with van der Waals surface area (Å²) in [5, 5.41) is 19.4. The lowest BCUT2D eigenvalue weighted by Gasteiger charge is -2.16. The minimum atomic E-state index is -0.235. The van der Waals surface area contributed by atoms with E-state index in [1.54, 1.807) is 24.4 Å². The third-order valence-corrected chi connectivity index (χ3v) is 3.79. The van der Waals surface area contributed by atoms with Crippen LogP contribution in [0, 0.1) is 0 Å². The average molecular weight is 389 g/mol. The second kappa shape index (κ2) is 7.78. The Morgan fingerprint density at radius 2 is 1.82 bits per heavy atom. The number of halogens is 2. The van der Waals surface area contributed by atoms with Crippen molar-refractivity contribution >= 4 is 27.5 Å². The van der Waals surface area contributed by atoms with Crippen molar-refractivity contribution in [3.63, 3.8) is 0 Å². The SMILES string of the molecule is COc1cc(CO)c(OCc2ncc(Br)cc2Cl)c(CO)c1. The van der Waals surface area contributed by atoms with E-state index in [1.807, 2.05) is 0 Å². The molecule has 0 saturated carbocycles. The second-order valence-electron chi connectivity index (χ2n) is 4.46. The molecule has 0 spiro atoms. The number of pyridine rings is 1. The van der Waals surface area contributed by atoms with Crippen molar-refractivity contribution in [2.24, 2.45) is 0 Å². The van der Waals surface area contributed by atoms with Crippen LogP contribution < -0.4 is 9.47 Å². The zero-order chi connectivity index (χ0) is 16.1. The van der Waals surface area contributed by atoms with Gasteiger partial charge in [-0.1, -0.05) is 11.6 Å². The average Bonchev–Trinajstić information content (AvgIpc) is 2.53. The van der Waals surface area contributed by atoms with Crippen LogP contribution >= 0.6 is 27.5 Å². The van der Waals surface area contributed by atoms with E-state index in [9.17, 15) is 10.2 Å². The molecule has 0 aliphatic carbocycles. The molecule has 0 radical (unpaired) electrons. The van der Waals surface area contributed by atoms with Crippen molar-refractivity contribution < 1.29 is 19.7 Å². The van der Waals surface area contributed by atoms with Crippen LogP contribution in [0.3, 0.4) is 0 Å². The van der Waals surface area contributed by atoms with Crippen LogP contribution in [-0.4, -0.2) is 22.3 Å². The van der Waals surface area contributed by atoms with E-state index >= 15 is 0 Å². The lowest BCUT2D eigenvalue weighted by molar-refractivity contribution is 0.239. The van der Waals surface area contributed by atoms with Crippen molar-refractivity contribution in [3.8, 4) is 11.5 Å². The van der Waals surface area contributed by atoms with Crippen molar-refractivity contribution in [3.05, 3.63) is 50.7 Å². The quantitative estimate of drug-likeness (QED) is 0.796. The molecule has 1 aromatic carbocycles. The van der Waals surface area contributed by atoms with E-state index in [0.29, 0.717) is 33.3 Å². The number of aromatic nitrogens is 1. The molecule has 22 heavy (non-hydrogen) atoms. The fourth-order valence-electron chi connectivity index (χ4n) is 1.95. The van der Waals surface area contributed by atoms with Gasteiger partial charge in [-0.05, 0) is 34.1 Å². The topological polar surface area (TPSA) is 71.8 Å². The zero-order valence-electron chi connectivity index (χ0n) is 11.8. The lowest BCUT2D eigenvalue weighted by atomic mass is 10.1. The predicted molar refractivity (Wildman–Crippen MR) is 86.1 cm³/mol. The number of rotatable bonds is 6. The van der Waals surface area contributed by atoms with Gasteiger partial charge in [0.25, 0.3) is 0 Å². The van der Waals surface area contributed by atoms with Crippen molar-refractivity contribution in [2.75, 3.05) is 7.11 Å². The van der Waals surface area contributed by atoms with Gasteiger partial charge in [0.05, 0.1) is 31.0 Å². The van der Waals surface area contributed by atoms with E-state index in [1.165, 1.54) is 7.11 Å². The monoisotopic (exact) mass is 387 g/mol. The second-order valence-corrected chi connectivity index (χ2v) is 5.78. The molecule has 2 N–H and O–H groups in total. The molecule has 1 heterocycles. The van der Waals surface area contributed by atoms with Crippen molar-refractivity contribution in [1.82, 2.24) is 4.98 Å². The molecule has 0 unspecified atom stereocenters. The Kier molecular flexibility index (Phi) is 6.02. The third-order valence-electron chi connectivity index (χ3n) is 3.03. The first-order valence-corrected chi connectivity index (χ1v) is 7.60. The highest BCUT2D eigenvalue weighted by molar-refractivity contribution is 9.10. The highest BCUT2D eigenvalue weighted by atomic mass is 79.9. The Morgan fingerprint density at radius 1 is 1.18 bits per heavy atom. The molecule has 7 heteroatoms. The number of benzene rings is 1. The Balaban J connectivity index is 2.28. The summed E-state index contributed by atoms with van der Waals surface area (Å²) in [6.07, 6.45) is 1.62. The summed E-state index contributed by atoms with van der Waals surface area (Å²) < 4.78 is 11.6. The van der Waals surface area contributed by atoms with Gasteiger partial charge in [-0.3, -0.25) is 4.98 Å². The number of hydrogen-bond donors (Lipinski definition) is 2. The number of methoxy groups -OCH3 is 1. The Morgan fingerprint density at radius 3 is 2.32 bits per heavy atom. The minimum Gasteiger partial charge on any atom is -0.497 e. The highest BCUT2D eigenvalue weighted by Crippen LogP contribution is 2.31. The van der Waals surface area contributed by atoms with E-state index < -0.39 is 0 Å². The number of aliphatic hydroxyl groups excluding tert-OH is 2. The van der Waals surface area contributed by atoms with Crippen LogP contribution in [0.1, 0.15) is 16.8 Å². The Bertz CT molecular complexity index is 641.